The molecule has 6 heteroatoms. The number of hydrazine groups is 1. The van der Waals surface area contributed by atoms with Gasteiger partial charge < -0.3 is 9.84 Å². The molecule has 1 atom stereocenters. The molecule has 0 aromatic heterocycles. The Hall–Kier alpha value is -2.08. The van der Waals surface area contributed by atoms with Gasteiger partial charge in [0.15, 0.2) is 0 Å². The molecule has 0 bridgehead atoms. The van der Waals surface area contributed by atoms with Crippen molar-refractivity contribution >= 4 is 11.8 Å². The molecule has 18 heavy (non-hydrogen) atoms. The van der Waals surface area contributed by atoms with Crippen LogP contribution in [-0.2, 0) is 16.1 Å². The minimum absolute atomic E-state index is 0.199. The standard InChI is InChI=1S/C12H14N2O4/c1-12(17)10(15)13-14(11(12)16)7-8-3-5-9(18-2)6-4-8/h3-6,17H,7H2,1-2H3,(H,13,15). The average molecular weight is 250 g/mol. The van der Waals surface area contributed by atoms with Gasteiger partial charge in [0.25, 0.3) is 11.8 Å². The maximum absolute atomic E-state index is 11.7. The SMILES string of the molecule is COc1ccc(CN2NC(=O)C(C)(O)C2=O)cc1. The predicted octanol–water partition coefficient (Wildman–Crippen LogP) is -0.180. The number of hydrogen-bond donors (Lipinski definition) is 2. The third-order valence-corrected chi connectivity index (χ3v) is 2.84. The van der Waals surface area contributed by atoms with Crippen LogP contribution in [-0.4, -0.2) is 34.6 Å². The predicted molar refractivity (Wildman–Crippen MR) is 62.3 cm³/mol. The minimum atomic E-state index is -1.98. The lowest BCUT2D eigenvalue weighted by molar-refractivity contribution is -0.146. The van der Waals surface area contributed by atoms with Gasteiger partial charge in [0.1, 0.15) is 5.75 Å². The zero-order chi connectivity index (χ0) is 13.3. The van der Waals surface area contributed by atoms with Gasteiger partial charge in [-0.25, -0.2) is 5.01 Å². The number of carbonyl (C=O) groups excluding carboxylic acids is 2. The van der Waals surface area contributed by atoms with Crippen LogP contribution in [0.4, 0.5) is 0 Å². The minimum Gasteiger partial charge on any atom is -0.497 e. The molecule has 1 aliphatic rings. The van der Waals surface area contributed by atoms with Crippen molar-refractivity contribution in [2.75, 3.05) is 7.11 Å². The average Bonchev–Trinajstić information content (AvgIpc) is 2.54. The van der Waals surface area contributed by atoms with Crippen molar-refractivity contribution in [1.82, 2.24) is 10.4 Å². The Morgan fingerprint density at radius 3 is 2.39 bits per heavy atom. The summed E-state index contributed by atoms with van der Waals surface area (Å²) in [5.74, 6) is -0.646. The smallest absolute Gasteiger partial charge is 0.282 e. The zero-order valence-electron chi connectivity index (χ0n) is 10.1. The van der Waals surface area contributed by atoms with E-state index in [2.05, 4.69) is 5.43 Å². The molecule has 1 aliphatic heterocycles. The Balaban J connectivity index is 2.11. The third-order valence-electron chi connectivity index (χ3n) is 2.84. The number of nitrogens with zero attached hydrogens (tertiary/aromatic N) is 1. The lowest BCUT2D eigenvalue weighted by Crippen LogP contribution is -2.40. The lowest BCUT2D eigenvalue weighted by atomic mass is 10.1. The van der Waals surface area contributed by atoms with E-state index in [4.69, 9.17) is 4.74 Å². The van der Waals surface area contributed by atoms with Gasteiger partial charge in [-0.15, -0.1) is 0 Å². The summed E-state index contributed by atoms with van der Waals surface area (Å²) in [5, 5.41) is 10.7. The molecule has 1 heterocycles. The molecule has 0 radical (unpaired) electrons. The van der Waals surface area contributed by atoms with Gasteiger partial charge in [0.05, 0.1) is 13.7 Å². The fourth-order valence-corrected chi connectivity index (χ4v) is 1.67. The molecule has 2 N–H and O–H groups in total. The van der Waals surface area contributed by atoms with Crippen molar-refractivity contribution in [2.45, 2.75) is 19.1 Å². The van der Waals surface area contributed by atoms with E-state index in [0.29, 0.717) is 5.75 Å². The molecule has 1 aromatic rings. The van der Waals surface area contributed by atoms with E-state index in [1.807, 2.05) is 0 Å². The number of amides is 2. The summed E-state index contributed by atoms with van der Waals surface area (Å²) in [6.07, 6.45) is 0. The monoisotopic (exact) mass is 250 g/mol. The lowest BCUT2D eigenvalue weighted by Gasteiger charge is -2.16. The van der Waals surface area contributed by atoms with E-state index in [1.54, 1.807) is 31.4 Å². The number of nitrogens with one attached hydrogen (secondary N) is 1. The fourth-order valence-electron chi connectivity index (χ4n) is 1.67. The highest BCUT2D eigenvalue weighted by Gasteiger charge is 2.49. The van der Waals surface area contributed by atoms with E-state index in [9.17, 15) is 14.7 Å². The van der Waals surface area contributed by atoms with Gasteiger partial charge in [-0.3, -0.25) is 15.0 Å². The molecule has 1 fully saturated rings. The molecule has 0 spiro atoms. The Labute approximate surface area is 104 Å². The molecule has 96 valence electrons. The maximum atomic E-state index is 11.7. The quantitative estimate of drug-likeness (QED) is 0.729. The highest BCUT2D eigenvalue weighted by Crippen LogP contribution is 2.18. The Kier molecular flexibility index (Phi) is 2.96. The van der Waals surface area contributed by atoms with Crippen LogP contribution in [0.3, 0.4) is 0 Å². The summed E-state index contributed by atoms with van der Waals surface area (Å²) in [4.78, 5) is 23.1. The highest BCUT2D eigenvalue weighted by molar-refractivity contribution is 6.12. The molecule has 1 saturated heterocycles. The van der Waals surface area contributed by atoms with Gasteiger partial charge >= 0.3 is 0 Å². The van der Waals surface area contributed by atoms with Crippen LogP contribution in [0, 0.1) is 0 Å². The van der Waals surface area contributed by atoms with Gasteiger partial charge in [-0.1, -0.05) is 12.1 Å². The van der Waals surface area contributed by atoms with E-state index in [0.717, 1.165) is 10.6 Å². The van der Waals surface area contributed by atoms with Crippen molar-refractivity contribution < 1.29 is 19.4 Å². The van der Waals surface area contributed by atoms with E-state index >= 15 is 0 Å². The second-order valence-corrected chi connectivity index (χ2v) is 4.25. The number of benzene rings is 1. The van der Waals surface area contributed by atoms with Crippen LogP contribution < -0.4 is 10.2 Å². The van der Waals surface area contributed by atoms with Crippen LogP contribution in [0.5, 0.6) is 5.75 Å². The number of carbonyl (C=O) groups is 2. The van der Waals surface area contributed by atoms with Crippen LogP contribution in [0.1, 0.15) is 12.5 Å². The number of methoxy groups -OCH3 is 1. The van der Waals surface area contributed by atoms with Gasteiger partial charge in [0, 0.05) is 0 Å². The largest absolute Gasteiger partial charge is 0.497 e. The zero-order valence-corrected chi connectivity index (χ0v) is 10.1. The van der Waals surface area contributed by atoms with Crippen LogP contribution in [0.15, 0.2) is 24.3 Å². The third kappa shape index (κ3) is 2.02. The summed E-state index contributed by atoms with van der Waals surface area (Å²) in [7, 11) is 1.57. The molecule has 0 saturated carbocycles. The van der Waals surface area contributed by atoms with Crippen LogP contribution >= 0.6 is 0 Å². The molecule has 2 amide bonds. The first-order valence-corrected chi connectivity index (χ1v) is 5.43. The van der Waals surface area contributed by atoms with Crippen molar-refractivity contribution in [3.63, 3.8) is 0 Å². The maximum Gasteiger partial charge on any atom is 0.282 e. The number of ether oxygens (including phenoxy) is 1. The molecule has 6 nitrogen and oxygen atoms in total. The topological polar surface area (TPSA) is 78.9 Å². The number of rotatable bonds is 3. The van der Waals surface area contributed by atoms with Crippen molar-refractivity contribution in [1.29, 1.82) is 0 Å². The molecule has 1 unspecified atom stereocenters. The first kappa shape index (κ1) is 12.4. The van der Waals surface area contributed by atoms with Crippen molar-refractivity contribution in [3.8, 4) is 5.75 Å². The molecule has 1 aromatic carbocycles. The summed E-state index contributed by atoms with van der Waals surface area (Å²) in [6, 6.07) is 7.09. The van der Waals surface area contributed by atoms with Crippen molar-refractivity contribution in [2.24, 2.45) is 0 Å². The fraction of sp³-hybridized carbons (Fsp3) is 0.333. The molecule has 0 aliphatic carbocycles. The van der Waals surface area contributed by atoms with Gasteiger partial charge in [0.2, 0.25) is 5.60 Å². The first-order chi connectivity index (χ1) is 8.45. The normalized spacial score (nSPS) is 23.2. The van der Waals surface area contributed by atoms with Gasteiger partial charge in [-0.2, -0.15) is 0 Å². The number of aliphatic hydroxyl groups is 1. The van der Waals surface area contributed by atoms with Crippen molar-refractivity contribution in [3.05, 3.63) is 29.8 Å². The summed E-state index contributed by atoms with van der Waals surface area (Å²) >= 11 is 0. The second kappa shape index (κ2) is 4.30. The summed E-state index contributed by atoms with van der Waals surface area (Å²) in [5.41, 5.74) is 1.18. The number of hydrogen-bond acceptors (Lipinski definition) is 4. The highest BCUT2D eigenvalue weighted by atomic mass is 16.5. The van der Waals surface area contributed by atoms with E-state index < -0.39 is 17.4 Å². The Morgan fingerprint density at radius 1 is 1.33 bits per heavy atom. The summed E-state index contributed by atoms with van der Waals surface area (Å²) in [6.45, 7) is 1.38. The second-order valence-electron chi connectivity index (χ2n) is 4.25. The van der Waals surface area contributed by atoms with Crippen LogP contribution in [0.2, 0.25) is 0 Å². The van der Waals surface area contributed by atoms with E-state index in [1.165, 1.54) is 6.92 Å². The molecular formula is C12H14N2O4. The molecular weight excluding hydrogens is 236 g/mol. The Bertz CT molecular complexity index is 481. The molecule has 2 rings (SSSR count). The summed E-state index contributed by atoms with van der Waals surface area (Å²) < 4.78 is 5.02. The Morgan fingerprint density at radius 2 is 1.94 bits per heavy atom. The van der Waals surface area contributed by atoms with Crippen LogP contribution in [0.25, 0.3) is 0 Å². The van der Waals surface area contributed by atoms with Gasteiger partial charge in [-0.05, 0) is 24.6 Å². The van der Waals surface area contributed by atoms with E-state index in [-0.39, 0.29) is 6.54 Å². The first-order valence-electron chi connectivity index (χ1n) is 5.43.